The van der Waals surface area contributed by atoms with Gasteiger partial charge in [0.25, 0.3) is 0 Å². The van der Waals surface area contributed by atoms with Gasteiger partial charge in [0.2, 0.25) is 0 Å². The van der Waals surface area contributed by atoms with Crippen LogP contribution in [0.1, 0.15) is 32.6 Å². The molecule has 0 aliphatic carbocycles. The predicted octanol–water partition coefficient (Wildman–Crippen LogP) is 2.55. The zero-order valence-electron chi connectivity index (χ0n) is 10.5. The van der Waals surface area contributed by atoms with Gasteiger partial charge >= 0.3 is 0 Å². The van der Waals surface area contributed by atoms with Gasteiger partial charge in [-0.3, -0.25) is 0 Å². The lowest BCUT2D eigenvalue weighted by atomic mass is 10.1. The van der Waals surface area contributed by atoms with E-state index in [1.807, 2.05) is 12.3 Å². The summed E-state index contributed by atoms with van der Waals surface area (Å²) < 4.78 is 0. The SMILES string of the molecule is CSc1nc(N)cc(N2CCCCCC2C)n1. The van der Waals surface area contributed by atoms with E-state index in [4.69, 9.17) is 5.73 Å². The molecule has 1 saturated heterocycles. The Morgan fingerprint density at radius 2 is 2.18 bits per heavy atom. The van der Waals surface area contributed by atoms with Crippen molar-refractivity contribution in [2.24, 2.45) is 0 Å². The number of nitrogen functional groups attached to an aromatic ring is 1. The van der Waals surface area contributed by atoms with Gasteiger partial charge in [-0.25, -0.2) is 9.97 Å². The van der Waals surface area contributed by atoms with E-state index < -0.39 is 0 Å². The maximum atomic E-state index is 5.84. The fraction of sp³-hybridized carbons (Fsp3) is 0.667. The maximum Gasteiger partial charge on any atom is 0.191 e. The molecule has 2 N–H and O–H groups in total. The van der Waals surface area contributed by atoms with Crippen LogP contribution >= 0.6 is 11.8 Å². The molecule has 1 aliphatic heterocycles. The molecule has 1 atom stereocenters. The van der Waals surface area contributed by atoms with E-state index in [1.165, 1.54) is 37.4 Å². The molecule has 0 aromatic carbocycles. The van der Waals surface area contributed by atoms with Crippen molar-refractivity contribution in [2.75, 3.05) is 23.4 Å². The van der Waals surface area contributed by atoms with Gasteiger partial charge in [-0.1, -0.05) is 24.6 Å². The van der Waals surface area contributed by atoms with Crippen molar-refractivity contribution in [1.29, 1.82) is 0 Å². The molecule has 2 heterocycles. The maximum absolute atomic E-state index is 5.84. The summed E-state index contributed by atoms with van der Waals surface area (Å²) in [6.07, 6.45) is 7.08. The van der Waals surface area contributed by atoms with Gasteiger partial charge in [-0.05, 0) is 26.0 Å². The fourth-order valence-corrected chi connectivity index (χ4v) is 2.67. The molecule has 1 aromatic rings. The second-order valence-corrected chi connectivity index (χ2v) is 5.30. The number of aromatic nitrogens is 2. The van der Waals surface area contributed by atoms with Gasteiger partial charge < -0.3 is 10.6 Å². The molecule has 1 fully saturated rings. The van der Waals surface area contributed by atoms with Crippen molar-refractivity contribution < 1.29 is 0 Å². The minimum atomic E-state index is 0.543. The zero-order valence-corrected chi connectivity index (χ0v) is 11.3. The Bertz CT molecular complexity index is 383. The molecule has 1 aliphatic rings. The summed E-state index contributed by atoms with van der Waals surface area (Å²) in [7, 11) is 0. The van der Waals surface area contributed by atoms with Gasteiger partial charge in [-0.15, -0.1) is 0 Å². The Morgan fingerprint density at radius 1 is 1.35 bits per heavy atom. The largest absolute Gasteiger partial charge is 0.383 e. The molecule has 0 spiro atoms. The first kappa shape index (κ1) is 12.5. The predicted molar refractivity (Wildman–Crippen MR) is 73.5 cm³/mol. The smallest absolute Gasteiger partial charge is 0.191 e. The summed E-state index contributed by atoms with van der Waals surface area (Å²) in [5.74, 6) is 1.55. The van der Waals surface area contributed by atoms with E-state index in [0.29, 0.717) is 11.9 Å². The van der Waals surface area contributed by atoms with Gasteiger partial charge in [-0.2, -0.15) is 0 Å². The molecule has 17 heavy (non-hydrogen) atoms. The fourth-order valence-electron chi connectivity index (χ4n) is 2.28. The van der Waals surface area contributed by atoms with E-state index in [1.54, 1.807) is 0 Å². The van der Waals surface area contributed by atoms with Crippen molar-refractivity contribution in [3.8, 4) is 0 Å². The van der Waals surface area contributed by atoms with E-state index in [0.717, 1.165) is 17.5 Å². The Hall–Kier alpha value is -0.970. The van der Waals surface area contributed by atoms with Crippen LogP contribution in [0.3, 0.4) is 0 Å². The van der Waals surface area contributed by atoms with Crippen LogP contribution in [0, 0.1) is 0 Å². The van der Waals surface area contributed by atoms with Crippen molar-refractivity contribution in [1.82, 2.24) is 9.97 Å². The minimum absolute atomic E-state index is 0.543. The van der Waals surface area contributed by atoms with Crippen LogP contribution in [0.15, 0.2) is 11.2 Å². The molecule has 94 valence electrons. The molecule has 0 saturated carbocycles. The second kappa shape index (κ2) is 5.58. The first-order valence-electron chi connectivity index (χ1n) is 6.16. The van der Waals surface area contributed by atoms with E-state index in [2.05, 4.69) is 21.8 Å². The quantitative estimate of drug-likeness (QED) is 0.647. The molecule has 0 amide bonds. The molecular formula is C12H20N4S. The number of hydrogen-bond donors (Lipinski definition) is 1. The third-order valence-electron chi connectivity index (χ3n) is 3.24. The summed E-state index contributed by atoms with van der Waals surface area (Å²) >= 11 is 1.54. The van der Waals surface area contributed by atoms with Gasteiger partial charge in [0, 0.05) is 18.7 Å². The van der Waals surface area contributed by atoms with Crippen LogP contribution in [-0.2, 0) is 0 Å². The lowest BCUT2D eigenvalue weighted by molar-refractivity contribution is 0.608. The lowest BCUT2D eigenvalue weighted by Gasteiger charge is -2.28. The summed E-state index contributed by atoms with van der Waals surface area (Å²) in [5.41, 5.74) is 5.84. The number of anilines is 2. The molecule has 5 heteroatoms. The van der Waals surface area contributed by atoms with E-state index in [9.17, 15) is 0 Å². The van der Waals surface area contributed by atoms with Crippen LogP contribution in [-0.4, -0.2) is 28.8 Å². The van der Waals surface area contributed by atoms with Crippen LogP contribution in [0.4, 0.5) is 11.6 Å². The Balaban J connectivity index is 2.27. The summed E-state index contributed by atoms with van der Waals surface area (Å²) in [5, 5.41) is 0.761. The molecule has 2 rings (SSSR count). The van der Waals surface area contributed by atoms with Crippen molar-refractivity contribution in [3.63, 3.8) is 0 Å². The zero-order chi connectivity index (χ0) is 12.3. The monoisotopic (exact) mass is 252 g/mol. The first-order chi connectivity index (χ1) is 8.20. The molecule has 1 aromatic heterocycles. The molecule has 0 radical (unpaired) electrons. The normalized spacial score (nSPS) is 21.3. The average Bonchev–Trinajstić information content (AvgIpc) is 2.53. The minimum Gasteiger partial charge on any atom is -0.383 e. The Kier molecular flexibility index (Phi) is 4.10. The molecule has 1 unspecified atom stereocenters. The number of hydrogen-bond acceptors (Lipinski definition) is 5. The highest BCUT2D eigenvalue weighted by Crippen LogP contribution is 2.25. The highest BCUT2D eigenvalue weighted by molar-refractivity contribution is 7.98. The van der Waals surface area contributed by atoms with Crippen LogP contribution in [0.2, 0.25) is 0 Å². The number of nitrogens with two attached hydrogens (primary N) is 1. The average molecular weight is 252 g/mol. The highest BCUT2D eigenvalue weighted by Gasteiger charge is 2.19. The van der Waals surface area contributed by atoms with Crippen molar-refractivity contribution in [2.45, 2.75) is 43.8 Å². The number of nitrogens with zero attached hydrogens (tertiary/aromatic N) is 3. The lowest BCUT2D eigenvalue weighted by Crippen LogP contribution is -2.33. The van der Waals surface area contributed by atoms with Gasteiger partial charge in [0.05, 0.1) is 0 Å². The van der Waals surface area contributed by atoms with Crippen molar-refractivity contribution >= 4 is 23.4 Å². The first-order valence-corrected chi connectivity index (χ1v) is 7.38. The topological polar surface area (TPSA) is 55.0 Å². The third-order valence-corrected chi connectivity index (χ3v) is 3.79. The van der Waals surface area contributed by atoms with Gasteiger partial charge in [0.15, 0.2) is 5.16 Å². The van der Waals surface area contributed by atoms with Crippen LogP contribution in [0.5, 0.6) is 0 Å². The summed E-state index contributed by atoms with van der Waals surface area (Å²) in [6, 6.07) is 2.43. The summed E-state index contributed by atoms with van der Waals surface area (Å²) in [6.45, 7) is 3.34. The molecular weight excluding hydrogens is 232 g/mol. The molecule has 0 bridgehead atoms. The number of rotatable bonds is 2. The van der Waals surface area contributed by atoms with Crippen LogP contribution in [0.25, 0.3) is 0 Å². The second-order valence-electron chi connectivity index (χ2n) is 4.53. The van der Waals surface area contributed by atoms with E-state index >= 15 is 0 Å². The summed E-state index contributed by atoms with van der Waals surface area (Å²) in [4.78, 5) is 11.1. The third kappa shape index (κ3) is 3.03. The van der Waals surface area contributed by atoms with Crippen molar-refractivity contribution in [3.05, 3.63) is 6.07 Å². The highest BCUT2D eigenvalue weighted by atomic mass is 32.2. The Morgan fingerprint density at radius 3 is 2.94 bits per heavy atom. The van der Waals surface area contributed by atoms with E-state index in [-0.39, 0.29) is 0 Å². The van der Waals surface area contributed by atoms with Gasteiger partial charge in [0.1, 0.15) is 11.6 Å². The van der Waals surface area contributed by atoms with Crippen LogP contribution < -0.4 is 10.6 Å². The Labute approximate surface area is 107 Å². The standard InChI is InChI=1S/C12H20N4S/c1-9-6-4-3-5-7-16(9)11-8-10(13)14-12(15-11)17-2/h8-9H,3-7H2,1-2H3,(H2,13,14,15). The molecule has 4 nitrogen and oxygen atoms in total. The number of thioether (sulfide) groups is 1.